The predicted molar refractivity (Wildman–Crippen MR) is 135 cm³/mol. The maximum absolute atomic E-state index is 13.1. The van der Waals surface area contributed by atoms with Crippen molar-refractivity contribution in [2.75, 3.05) is 34.4 Å². The molecular weight excluding hydrogens is 477 g/mol. The van der Waals surface area contributed by atoms with E-state index in [-0.39, 0.29) is 16.5 Å². The maximum atomic E-state index is 13.1. The quantitative estimate of drug-likeness (QED) is 0.257. The minimum Gasteiger partial charge on any atom is -0.497 e. The molecule has 0 N–H and O–H groups in total. The summed E-state index contributed by atoms with van der Waals surface area (Å²) in [6.45, 7) is 1.36. The van der Waals surface area contributed by atoms with Crippen LogP contribution in [0.4, 0.5) is 0 Å². The van der Waals surface area contributed by atoms with E-state index in [1.807, 2.05) is 49.3 Å². The van der Waals surface area contributed by atoms with Crippen molar-refractivity contribution < 1.29 is 18.6 Å². The molecule has 4 rings (SSSR count). The minimum absolute atomic E-state index is 0.0168. The zero-order valence-corrected chi connectivity index (χ0v) is 20.4. The van der Waals surface area contributed by atoms with E-state index in [0.29, 0.717) is 33.9 Å². The molecule has 0 atom stereocenters. The van der Waals surface area contributed by atoms with Crippen LogP contribution in [0.2, 0.25) is 10.0 Å². The second-order valence-electron chi connectivity index (χ2n) is 7.81. The number of ether oxygens (including phenoxy) is 3. The van der Waals surface area contributed by atoms with Gasteiger partial charge in [0.2, 0.25) is 5.75 Å². The first-order valence-corrected chi connectivity index (χ1v) is 11.3. The molecule has 8 heteroatoms. The molecule has 0 spiro atoms. The fourth-order valence-corrected chi connectivity index (χ4v) is 3.85. The Morgan fingerprint density at radius 1 is 0.941 bits per heavy atom. The van der Waals surface area contributed by atoms with Crippen molar-refractivity contribution in [3.8, 4) is 34.1 Å². The van der Waals surface area contributed by atoms with Crippen LogP contribution in [-0.4, -0.2) is 39.3 Å². The molecular formula is C26H23Cl2NO5. The molecule has 0 aliphatic carbocycles. The van der Waals surface area contributed by atoms with Gasteiger partial charge in [-0.2, -0.15) is 0 Å². The van der Waals surface area contributed by atoms with E-state index in [9.17, 15) is 4.79 Å². The van der Waals surface area contributed by atoms with Crippen molar-refractivity contribution in [2.45, 2.75) is 0 Å². The Morgan fingerprint density at radius 2 is 1.68 bits per heavy atom. The number of hydrogen-bond donors (Lipinski definition) is 0. The van der Waals surface area contributed by atoms with Crippen molar-refractivity contribution in [2.24, 2.45) is 0 Å². The Labute approximate surface area is 207 Å². The summed E-state index contributed by atoms with van der Waals surface area (Å²) < 4.78 is 22.7. The van der Waals surface area contributed by atoms with Gasteiger partial charge in [0.15, 0.2) is 0 Å². The van der Waals surface area contributed by atoms with Crippen LogP contribution in [0.5, 0.6) is 23.0 Å². The zero-order valence-electron chi connectivity index (χ0n) is 18.9. The molecule has 0 saturated heterocycles. The van der Waals surface area contributed by atoms with Gasteiger partial charge >= 0.3 is 5.63 Å². The summed E-state index contributed by atoms with van der Waals surface area (Å²) in [6, 6.07) is 17.5. The predicted octanol–water partition coefficient (Wildman–Crippen LogP) is 6.51. The lowest BCUT2D eigenvalue weighted by Gasteiger charge is -2.15. The highest BCUT2D eigenvalue weighted by Gasteiger charge is 2.20. The molecule has 0 amide bonds. The molecule has 6 nitrogen and oxygen atoms in total. The van der Waals surface area contributed by atoms with Crippen LogP contribution in [0.15, 0.2) is 69.9 Å². The molecule has 0 aliphatic rings. The monoisotopic (exact) mass is 499 g/mol. The van der Waals surface area contributed by atoms with Crippen molar-refractivity contribution in [1.29, 1.82) is 0 Å². The van der Waals surface area contributed by atoms with Crippen molar-refractivity contribution in [3.63, 3.8) is 0 Å². The normalized spacial score (nSPS) is 11.1. The summed E-state index contributed by atoms with van der Waals surface area (Å²) in [5, 5.41) is 1.42. The van der Waals surface area contributed by atoms with Crippen LogP contribution < -0.4 is 19.8 Å². The Morgan fingerprint density at radius 3 is 2.35 bits per heavy atom. The largest absolute Gasteiger partial charge is 0.497 e. The van der Waals surface area contributed by atoms with Gasteiger partial charge in [-0.3, -0.25) is 0 Å². The lowest BCUT2D eigenvalue weighted by atomic mass is 10.0. The van der Waals surface area contributed by atoms with Crippen molar-refractivity contribution in [1.82, 2.24) is 4.90 Å². The van der Waals surface area contributed by atoms with Crippen molar-refractivity contribution in [3.05, 3.63) is 81.1 Å². The first kappa shape index (κ1) is 24.0. The van der Waals surface area contributed by atoms with Crippen LogP contribution in [0, 0.1) is 0 Å². The molecule has 1 aromatic heterocycles. The first-order chi connectivity index (χ1) is 16.4. The number of benzene rings is 3. The molecule has 0 radical (unpaired) electrons. The SMILES string of the molecule is COc1ccc2c(-c3ccc(OCCN(C)C)cc3)c(Oc3ccc(Cl)cc3Cl)c(=O)oc2c1. The van der Waals surface area contributed by atoms with E-state index in [1.54, 1.807) is 37.4 Å². The van der Waals surface area contributed by atoms with E-state index >= 15 is 0 Å². The van der Waals surface area contributed by atoms with Gasteiger partial charge in [-0.25, -0.2) is 4.79 Å². The highest BCUT2D eigenvalue weighted by molar-refractivity contribution is 6.35. The molecule has 176 valence electrons. The summed E-state index contributed by atoms with van der Waals surface area (Å²) in [4.78, 5) is 15.1. The third-order valence-electron chi connectivity index (χ3n) is 5.13. The number of fused-ring (bicyclic) bond motifs is 1. The van der Waals surface area contributed by atoms with Gasteiger partial charge < -0.3 is 23.5 Å². The molecule has 3 aromatic carbocycles. The van der Waals surface area contributed by atoms with Gasteiger partial charge in [-0.05, 0) is 62.1 Å². The van der Waals surface area contributed by atoms with Crippen LogP contribution in [0.1, 0.15) is 0 Å². The molecule has 4 aromatic rings. The van der Waals surface area contributed by atoms with E-state index in [1.165, 1.54) is 0 Å². The lowest BCUT2D eigenvalue weighted by molar-refractivity contribution is 0.261. The molecule has 0 unspecified atom stereocenters. The second-order valence-corrected chi connectivity index (χ2v) is 8.65. The van der Waals surface area contributed by atoms with E-state index in [2.05, 4.69) is 0 Å². The average molecular weight is 500 g/mol. The summed E-state index contributed by atoms with van der Waals surface area (Å²) in [7, 11) is 5.53. The highest BCUT2D eigenvalue weighted by atomic mass is 35.5. The number of likely N-dealkylation sites (N-methyl/N-ethyl adjacent to an activating group) is 1. The van der Waals surface area contributed by atoms with Gasteiger partial charge in [0.05, 0.1) is 12.1 Å². The van der Waals surface area contributed by atoms with Gasteiger partial charge in [0, 0.05) is 28.6 Å². The second kappa shape index (κ2) is 10.4. The lowest BCUT2D eigenvalue weighted by Crippen LogP contribution is -2.19. The summed E-state index contributed by atoms with van der Waals surface area (Å²) >= 11 is 12.3. The van der Waals surface area contributed by atoms with Crippen molar-refractivity contribution >= 4 is 34.2 Å². The van der Waals surface area contributed by atoms with Crippen LogP contribution in [0.3, 0.4) is 0 Å². The Bertz CT molecular complexity index is 1370. The topological polar surface area (TPSA) is 61.1 Å². The Hall–Kier alpha value is -3.19. The van der Waals surface area contributed by atoms with Gasteiger partial charge in [0.1, 0.15) is 29.4 Å². The smallest absolute Gasteiger partial charge is 0.380 e. The third-order valence-corrected chi connectivity index (χ3v) is 5.66. The minimum atomic E-state index is -0.645. The van der Waals surface area contributed by atoms with Crippen LogP contribution >= 0.6 is 23.2 Å². The number of methoxy groups -OCH3 is 1. The highest BCUT2D eigenvalue weighted by Crippen LogP contribution is 2.40. The Balaban J connectivity index is 1.82. The number of hydrogen-bond acceptors (Lipinski definition) is 6. The number of halogens is 2. The summed E-state index contributed by atoms with van der Waals surface area (Å²) in [5.74, 6) is 1.60. The standard InChI is InChI=1S/C26H23Cl2NO5/c1-29(2)12-13-32-18-7-4-16(5-8-18)24-20-10-9-19(31-3)15-23(20)34-26(30)25(24)33-22-11-6-17(27)14-21(22)28/h4-11,14-15H,12-13H2,1-3H3. The van der Waals surface area contributed by atoms with Crippen LogP contribution in [0.25, 0.3) is 22.1 Å². The van der Waals surface area contributed by atoms with Crippen LogP contribution in [-0.2, 0) is 0 Å². The first-order valence-electron chi connectivity index (χ1n) is 10.5. The third kappa shape index (κ3) is 5.30. The Kier molecular flexibility index (Phi) is 7.32. The number of rotatable bonds is 8. The van der Waals surface area contributed by atoms with E-state index < -0.39 is 5.63 Å². The molecule has 0 aliphatic heterocycles. The number of nitrogens with zero attached hydrogens (tertiary/aromatic N) is 1. The zero-order chi connectivity index (χ0) is 24.2. The average Bonchev–Trinajstić information content (AvgIpc) is 2.81. The molecule has 1 heterocycles. The fourth-order valence-electron chi connectivity index (χ4n) is 3.40. The summed E-state index contributed by atoms with van der Waals surface area (Å²) in [5.41, 5.74) is 1.05. The van der Waals surface area contributed by atoms with E-state index in [4.69, 9.17) is 41.8 Å². The molecule has 0 bridgehead atoms. The molecule has 0 fully saturated rings. The maximum Gasteiger partial charge on any atom is 0.380 e. The molecule has 0 saturated carbocycles. The van der Waals surface area contributed by atoms with Gasteiger partial charge in [-0.15, -0.1) is 0 Å². The van der Waals surface area contributed by atoms with Gasteiger partial charge in [-0.1, -0.05) is 35.3 Å². The molecule has 34 heavy (non-hydrogen) atoms. The fraction of sp³-hybridized carbons (Fsp3) is 0.192. The summed E-state index contributed by atoms with van der Waals surface area (Å²) in [6.07, 6.45) is 0. The van der Waals surface area contributed by atoms with Gasteiger partial charge in [0.25, 0.3) is 0 Å². The van der Waals surface area contributed by atoms with E-state index in [0.717, 1.165) is 17.9 Å².